The SMILES string of the molecule is COc1cc2c(OCC[C@@H]3COC(=O)N3)cccc2cc1C(N)=O. The van der Waals surface area contributed by atoms with Crippen LogP contribution in [0.1, 0.15) is 16.8 Å². The van der Waals surface area contributed by atoms with Crippen LogP contribution in [0.3, 0.4) is 0 Å². The molecule has 24 heavy (non-hydrogen) atoms. The van der Waals surface area contributed by atoms with E-state index in [9.17, 15) is 9.59 Å². The number of nitrogens with two attached hydrogens (primary N) is 1. The van der Waals surface area contributed by atoms with E-state index < -0.39 is 12.0 Å². The summed E-state index contributed by atoms with van der Waals surface area (Å²) in [4.78, 5) is 22.5. The average molecular weight is 330 g/mol. The summed E-state index contributed by atoms with van der Waals surface area (Å²) in [6.07, 6.45) is 0.243. The lowest BCUT2D eigenvalue weighted by atomic mass is 10.0. The Labute approximate surface area is 138 Å². The van der Waals surface area contributed by atoms with Gasteiger partial charge in [-0.25, -0.2) is 4.79 Å². The Morgan fingerprint density at radius 1 is 1.38 bits per heavy atom. The Bertz CT molecular complexity index is 790. The number of rotatable bonds is 6. The summed E-state index contributed by atoms with van der Waals surface area (Å²) in [6, 6.07) is 8.95. The largest absolute Gasteiger partial charge is 0.496 e. The van der Waals surface area contributed by atoms with E-state index in [0.717, 1.165) is 10.8 Å². The first kappa shape index (κ1) is 15.9. The summed E-state index contributed by atoms with van der Waals surface area (Å²) in [5.74, 6) is 0.534. The quantitative estimate of drug-likeness (QED) is 0.841. The van der Waals surface area contributed by atoms with Crippen molar-refractivity contribution in [1.82, 2.24) is 5.32 Å². The van der Waals surface area contributed by atoms with Crippen molar-refractivity contribution in [2.75, 3.05) is 20.3 Å². The van der Waals surface area contributed by atoms with Crippen molar-refractivity contribution >= 4 is 22.8 Å². The highest BCUT2D eigenvalue weighted by Crippen LogP contribution is 2.32. The minimum absolute atomic E-state index is 0.0384. The molecular weight excluding hydrogens is 312 g/mol. The molecule has 0 radical (unpaired) electrons. The molecule has 3 N–H and O–H groups in total. The lowest BCUT2D eigenvalue weighted by Gasteiger charge is -2.13. The lowest BCUT2D eigenvalue weighted by molar-refractivity contribution is 0.0997. The smallest absolute Gasteiger partial charge is 0.407 e. The van der Waals surface area contributed by atoms with Crippen molar-refractivity contribution in [3.05, 3.63) is 35.9 Å². The molecule has 1 aliphatic heterocycles. The van der Waals surface area contributed by atoms with Gasteiger partial charge in [-0.3, -0.25) is 4.79 Å². The van der Waals surface area contributed by atoms with Crippen LogP contribution in [0.5, 0.6) is 11.5 Å². The van der Waals surface area contributed by atoms with Crippen LogP contribution in [-0.2, 0) is 4.74 Å². The van der Waals surface area contributed by atoms with E-state index in [-0.39, 0.29) is 6.04 Å². The second-order valence-electron chi connectivity index (χ2n) is 5.47. The second kappa shape index (κ2) is 6.66. The zero-order valence-corrected chi connectivity index (χ0v) is 13.2. The molecule has 7 heteroatoms. The summed E-state index contributed by atoms with van der Waals surface area (Å²) in [6.45, 7) is 0.779. The molecule has 1 saturated heterocycles. The highest BCUT2D eigenvalue weighted by atomic mass is 16.6. The fourth-order valence-electron chi connectivity index (χ4n) is 2.66. The number of hydrogen-bond acceptors (Lipinski definition) is 5. The molecule has 2 amide bonds. The zero-order chi connectivity index (χ0) is 17.1. The van der Waals surface area contributed by atoms with Crippen LogP contribution in [0.25, 0.3) is 10.8 Å². The number of hydrogen-bond donors (Lipinski definition) is 2. The van der Waals surface area contributed by atoms with Crippen LogP contribution in [-0.4, -0.2) is 38.4 Å². The fourth-order valence-corrected chi connectivity index (χ4v) is 2.66. The summed E-state index contributed by atoms with van der Waals surface area (Å²) in [5.41, 5.74) is 5.71. The molecule has 0 unspecified atom stereocenters. The third-order valence-corrected chi connectivity index (χ3v) is 3.89. The van der Waals surface area contributed by atoms with Gasteiger partial charge in [0.25, 0.3) is 5.91 Å². The molecule has 1 atom stereocenters. The van der Waals surface area contributed by atoms with E-state index in [1.165, 1.54) is 7.11 Å². The number of methoxy groups -OCH3 is 1. The predicted octanol–water partition coefficient (Wildman–Crippen LogP) is 1.82. The second-order valence-corrected chi connectivity index (χ2v) is 5.47. The molecule has 2 aromatic carbocycles. The van der Waals surface area contributed by atoms with E-state index >= 15 is 0 Å². The Hall–Kier alpha value is -2.96. The van der Waals surface area contributed by atoms with Crippen LogP contribution in [0.4, 0.5) is 4.79 Å². The van der Waals surface area contributed by atoms with Crippen LogP contribution in [0.15, 0.2) is 30.3 Å². The lowest BCUT2D eigenvalue weighted by Crippen LogP contribution is -2.27. The van der Waals surface area contributed by atoms with E-state index in [0.29, 0.717) is 36.7 Å². The maximum Gasteiger partial charge on any atom is 0.407 e. The van der Waals surface area contributed by atoms with Crippen molar-refractivity contribution in [1.29, 1.82) is 0 Å². The molecule has 1 heterocycles. The number of amides is 2. The number of primary amides is 1. The first-order chi connectivity index (χ1) is 11.6. The molecule has 0 bridgehead atoms. The Morgan fingerprint density at radius 3 is 2.88 bits per heavy atom. The third kappa shape index (κ3) is 3.19. The van der Waals surface area contributed by atoms with Crippen molar-refractivity contribution in [3.63, 3.8) is 0 Å². The van der Waals surface area contributed by atoms with Gasteiger partial charge in [-0.05, 0) is 23.6 Å². The van der Waals surface area contributed by atoms with Crippen molar-refractivity contribution in [2.45, 2.75) is 12.5 Å². The fraction of sp³-hybridized carbons (Fsp3) is 0.294. The maximum absolute atomic E-state index is 11.5. The van der Waals surface area contributed by atoms with Gasteiger partial charge in [-0.2, -0.15) is 0 Å². The number of benzene rings is 2. The highest BCUT2D eigenvalue weighted by Gasteiger charge is 2.21. The number of alkyl carbamates (subject to hydrolysis) is 1. The van der Waals surface area contributed by atoms with E-state index in [2.05, 4.69) is 5.32 Å². The van der Waals surface area contributed by atoms with Crippen LogP contribution in [0.2, 0.25) is 0 Å². The molecule has 0 spiro atoms. The average Bonchev–Trinajstić information content (AvgIpc) is 2.99. The topological polar surface area (TPSA) is 99.9 Å². The van der Waals surface area contributed by atoms with Gasteiger partial charge >= 0.3 is 6.09 Å². The minimum atomic E-state index is -0.544. The van der Waals surface area contributed by atoms with Crippen molar-refractivity contribution < 1.29 is 23.8 Å². The third-order valence-electron chi connectivity index (χ3n) is 3.89. The molecule has 0 saturated carbocycles. The van der Waals surface area contributed by atoms with Gasteiger partial charge in [0.2, 0.25) is 0 Å². The van der Waals surface area contributed by atoms with Gasteiger partial charge in [0.1, 0.15) is 18.1 Å². The first-order valence-corrected chi connectivity index (χ1v) is 7.55. The molecular formula is C17H18N2O5. The molecule has 1 fully saturated rings. The van der Waals surface area contributed by atoms with E-state index in [1.807, 2.05) is 18.2 Å². The van der Waals surface area contributed by atoms with Crippen LogP contribution in [0, 0.1) is 0 Å². The van der Waals surface area contributed by atoms with Crippen LogP contribution >= 0.6 is 0 Å². The summed E-state index contributed by atoms with van der Waals surface area (Å²) >= 11 is 0. The number of cyclic esters (lactones) is 1. The Balaban J connectivity index is 1.80. The Morgan fingerprint density at radius 2 is 2.21 bits per heavy atom. The van der Waals surface area contributed by atoms with Gasteiger partial charge in [-0.1, -0.05) is 12.1 Å². The van der Waals surface area contributed by atoms with Gasteiger partial charge in [0.15, 0.2) is 0 Å². The molecule has 0 aliphatic carbocycles. The number of carbonyl (C=O) groups is 2. The standard InChI is InChI=1S/C17H18N2O5/c1-22-15-8-12-10(7-13(15)16(18)20)3-2-4-14(12)23-6-5-11-9-24-17(21)19-11/h2-4,7-8,11H,5-6,9H2,1H3,(H2,18,20)(H,19,21)/t11-/m1/s1. The van der Waals surface area contributed by atoms with Crippen molar-refractivity contribution in [2.24, 2.45) is 5.73 Å². The zero-order valence-electron chi connectivity index (χ0n) is 13.2. The van der Waals surface area contributed by atoms with Gasteiger partial charge in [-0.15, -0.1) is 0 Å². The van der Waals surface area contributed by atoms with Crippen molar-refractivity contribution in [3.8, 4) is 11.5 Å². The molecule has 0 aromatic heterocycles. The normalized spacial score (nSPS) is 16.5. The number of fused-ring (bicyclic) bond motifs is 1. The summed E-state index contributed by atoms with van der Waals surface area (Å²) in [5, 5.41) is 4.36. The van der Waals surface area contributed by atoms with Gasteiger partial charge in [0, 0.05) is 11.8 Å². The van der Waals surface area contributed by atoms with Gasteiger partial charge < -0.3 is 25.3 Å². The number of ether oxygens (including phenoxy) is 3. The molecule has 3 rings (SSSR count). The Kier molecular flexibility index (Phi) is 4.41. The molecule has 126 valence electrons. The van der Waals surface area contributed by atoms with E-state index in [4.69, 9.17) is 19.9 Å². The number of carbonyl (C=O) groups excluding carboxylic acids is 2. The summed E-state index contributed by atoms with van der Waals surface area (Å²) in [7, 11) is 1.49. The van der Waals surface area contributed by atoms with Gasteiger partial charge in [0.05, 0.1) is 25.3 Å². The van der Waals surface area contributed by atoms with Crippen LogP contribution < -0.4 is 20.5 Å². The number of nitrogens with one attached hydrogen (secondary N) is 1. The minimum Gasteiger partial charge on any atom is -0.496 e. The predicted molar refractivity (Wildman–Crippen MR) is 87.4 cm³/mol. The first-order valence-electron chi connectivity index (χ1n) is 7.55. The molecule has 7 nitrogen and oxygen atoms in total. The summed E-state index contributed by atoms with van der Waals surface area (Å²) < 4.78 is 15.9. The molecule has 2 aromatic rings. The van der Waals surface area contributed by atoms with E-state index in [1.54, 1.807) is 12.1 Å². The highest BCUT2D eigenvalue weighted by molar-refractivity contribution is 6.02. The monoisotopic (exact) mass is 330 g/mol. The maximum atomic E-state index is 11.5. The molecule has 1 aliphatic rings.